The van der Waals surface area contributed by atoms with Crippen LogP contribution in [0.2, 0.25) is 0 Å². The molecule has 2 amide bonds. The Morgan fingerprint density at radius 2 is 2.00 bits per heavy atom. The van der Waals surface area contributed by atoms with E-state index in [1.54, 1.807) is 12.0 Å². The predicted octanol–water partition coefficient (Wildman–Crippen LogP) is 0.853. The van der Waals surface area contributed by atoms with E-state index in [4.69, 9.17) is 4.74 Å². The fourth-order valence-electron chi connectivity index (χ4n) is 4.05. The number of piperidine rings is 1. The van der Waals surface area contributed by atoms with Gasteiger partial charge >= 0.3 is 0 Å². The Labute approximate surface area is 153 Å². The van der Waals surface area contributed by atoms with Gasteiger partial charge in [0.25, 0.3) is 5.91 Å². The van der Waals surface area contributed by atoms with Gasteiger partial charge in [-0.2, -0.15) is 0 Å². The minimum absolute atomic E-state index is 0.0333. The normalized spacial score (nSPS) is 23.1. The van der Waals surface area contributed by atoms with Gasteiger partial charge in [0.2, 0.25) is 5.91 Å². The van der Waals surface area contributed by atoms with Crippen LogP contribution in [0, 0.1) is 0 Å². The summed E-state index contributed by atoms with van der Waals surface area (Å²) in [4.78, 5) is 28.7. The highest BCUT2D eigenvalue weighted by Gasteiger charge is 2.38. The number of nitrogens with zero attached hydrogens (tertiary/aromatic N) is 2. The van der Waals surface area contributed by atoms with Crippen LogP contribution in [-0.4, -0.2) is 56.0 Å². The van der Waals surface area contributed by atoms with E-state index in [9.17, 15) is 9.59 Å². The zero-order chi connectivity index (χ0) is 18.3. The third-order valence-corrected chi connectivity index (χ3v) is 5.41. The van der Waals surface area contributed by atoms with Crippen LogP contribution in [0.4, 0.5) is 5.69 Å². The highest BCUT2D eigenvalue weighted by molar-refractivity contribution is 6.02. The van der Waals surface area contributed by atoms with Crippen LogP contribution in [0.15, 0.2) is 24.4 Å². The molecule has 0 aromatic heterocycles. The Balaban J connectivity index is 1.64. The molecule has 1 aromatic carbocycles. The van der Waals surface area contributed by atoms with Crippen molar-refractivity contribution in [1.29, 1.82) is 0 Å². The molecule has 138 valence electrons. The number of hydrogen-bond acceptors (Lipinski definition) is 5. The maximum absolute atomic E-state index is 13.1. The molecule has 0 saturated carbocycles. The van der Waals surface area contributed by atoms with Gasteiger partial charge in [-0.1, -0.05) is 6.58 Å². The topological polar surface area (TPSA) is 73.9 Å². The molecule has 2 fully saturated rings. The summed E-state index contributed by atoms with van der Waals surface area (Å²) < 4.78 is 5.56. The summed E-state index contributed by atoms with van der Waals surface area (Å²) in [5.74, 6) is 0.536. The molecule has 2 N–H and O–H groups in total. The number of carbonyl (C=O) groups is 2. The SMILES string of the molecule is C=C1NC(=O)CCC1N1Cc2cc(N3CCNCC3)cc(OC)c2C1=O. The van der Waals surface area contributed by atoms with Crippen molar-refractivity contribution >= 4 is 17.5 Å². The molecule has 26 heavy (non-hydrogen) atoms. The molecular weight excluding hydrogens is 332 g/mol. The van der Waals surface area contributed by atoms with Crippen LogP contribution in [0.1, 0.15) is 28.8 Å². The number of hydrogen-bond donors (Lipinski definition) is 2. The van der Waals surface area contributed by atoms with Crippen LogP contribution in [0.3, 0.4) is 0 Å². The quantitative estimate of drug-likeness (QED) is 0.840. The van der Waals surface area contributed by atoms with Crippen molar-refractivity contribution in [2.45, 2.75) is 25.4 Å². The van der Waals surface area contributed by atoms with Crippen molar-refractivity contribution in [1.82, 2.24) is 15.5 Å². The molecule has 0 aliphatic carbocycles. The maximum Gasteiger partial charge on any atom is 0.258 e. The van der Waals surface area contributed by atoms with Gasteiger partial charge in [-0.3, -0.25) is 9.59 Å². The Morgan fingerprint density at radius 1 is 1.23 bits per heavy atom. The second-order valence-corrected chi connectivity index (χ2v) is 6.98. The van der Waals surface area contributed by atoms with Crippen LogP contribution in [0.25, 0.3) is 0 Å². The molecule has 2 saturated heterocycles. The summed E-state index contributed by atoms with van der Waals surface area (Å²) in [6, 6.07) is 3.90. The molecule has 1 aromatic rings. The van der Waals surface area contributed by atoms with Crippen molar-refractivity contribution in [2.75, 3.05) is 38.2 Å². The first-order valence-corrected chi connectivity index (χ1v) is 9.04. The number of piperazine rings is 1. The highest BCUT2D eigenvalue weighted by atomic mass is 16.5. The summed E-state index contributed by atoms with van der Waals surface area (Å²) >= 11 is 0. The van der Waals surface area contributed by atoms with E-state index in [1.165, 1.54) is 0 Å². The first-order valence-electron chi connectivity index (χ1n) is 9.04. The third kappa shape index (κ3) is 2.82. The van der Waals surface area contributed by atoms with E-state index >= 15 is 0 Å². The third-order valence-electron chi connectivity index (χ3n) is 5.41. The Kier molecular flexibility index (Phi) is 4.32. The lowest BCUT2D eigenvalue weighted by Gasteiger charge is -2.32. The van der Waals surface area contributed by atoms with Gasteiger partial charge in [-0.25, -0.2) is 0 Å². The molecule has 7 heteroatoms. The fraction of sp³-hybridized carbons (Fsp3) is 0.474. The minimum atomic E-state index is -0.167. The van der Waals surface area contributed by atoms with Crippen LogP contribution < -0.4 is 20.3 Å². The van der Waals surface area contributed by atoms with Gasteiger partial charge in [0, 0.05) is 56.6 Å². The summed E-state index contributed by atoms with van der Waals surface area (Å²) in [5, 5.41) is 6.12. The molecular formula is C19H24N4O3. The van der Waals surface area contributed by atoms with Crippen molar-refractivity contribution in [3.05, 3.63) is 35.5 Å². The summed E-state index contributed by atoms with van der Waals surface area (Å²) in [7, 11) is 1.60. The number of methoxy groups -OCH3 is 1. The van der Waals surface area contributed by atoms with Gasteiger partial charge in [0.1, 0.15) is 5.75 Å². The average molecular weight is 356 g/mol. The maximum atomic E-state index is 13.1. The second-order valence-electron chi connectivity index (χ2n) is 6.98. The Morgan fingerprint density at radius 3 is 2.69 bits per heavy atom. The molecule has 1 atom stereocenters. The number of fused-ring (bicyclic) bond motifs is 1. The number of benzene rings is 1. The number of carbonyl (C=O) groups excluding carboxylic acids is 2. The summed E-state index contributed by atoms with van der Waals surface area (Å²) in [6.45, 7) is 8.24. The molecule has 3 heterocycles. The van der Waals surface area contributed by atoms with E-state index < -0.39 is 0 Å². The standard InChI is InChI=1S/C19H24N4O3/c1-12-15(3-4-17(24)21-12)23-11-13-9-14(22-7-5-20-6-8-22)10-16(26-2)18(13)19(23)25/h9-10,15,20H,1,3-8,11H2,2H3,(H,21,24). The van der Waals surface area contributed by atoms with Crippen molar-refractivity contribution in [2.24, 2.45) is 0 Å². The lowest BCUT2D eigenvalue weighted by molar-refractivity contribution is -0.121. The number of ether oxygens (including phenoxy) is 1. The molecule has 1 unspecified atom stereocenters. The van der Waals surface area contributed by atoms with E-state index in [2.05, 4.69) is 28.2 Å². The van der Waals surface area contributed by atoms with Crippen molar-refractivity contribution < 1.29 is 14.3 Å². The number of amides is 2. The number of anilines is 1. The lowest BCUT2D eigenvalue weighted by Crippen LogP contribution is -2.45. The van der Waals surface area contributed by atoms with Crippen LogP contribution >= 0.6 is 0 Å². The first-order chi connectivity index (χ1) is 12.6. The molecule has 4 rings (SSSR count). The fourth-order valence-corrected chi connectivity index (χ4v) is 4.05. The van der Waals surface area contributed by atoms with E-state index in [-0.39, 0.29) is 17.9 Å². The lowest BCUT2D eigenvalue weighted by atomic mass is 10.0. The van der Waals surface area contributed by atoms with Gasteiger partial charge in [-0.15, -0.1) is 0 Å². The van der Waals surface area contributed by atoms with Crippen LogP contribution in [0.5, 0.6) is 5.75 Å². The number of nitrogens with one attached hydrogen (secondary N) is 2. The van der Waals surface area contributed by atoms with Gasteiger partial charge in [0.15, 0.2) is 0 Å². The van der Waals surface area contributed by atoms with E-state index in [0.717, 1.165) is 37.4 Å². The molecule has 7 nitrogen and oxygen atoms in total. The van der Waals surface area contributed by atoms with E-state index in [0.29, 0.717) is 36.4 Å². The minimum Gasteiger partial charge on any atom is -0.496 e. The van der Waals surface area contributed by atoms with Gasteiger partial charge in [-0.05, 0) is 18.1 Å². The zero-order valence-electron chi connectivity index (χ0n) is 15.0. The molecule has 0 spiro atoms. The average Bonchev–Trinajstić information content (AvgIpc) is 2.98. The summed E-state index contributed by atoms with van der Waals surface area (Å²) in [6.07, 6.45) is 1.02. The Hall–Kier alpha value is -2.54. The largest absolute Gasteiger partial charge is 0.496 e. The van der Waals surface area contributed by atoms with Gasteiger partial charge in [0.05, 0.1) is 18.7 Å². The molecule has 0 bridgehead atoms. The first kappa shape index (κ1) is 16.9. The predicted molar refractivity (Wildman–Crippen MR) is 98.3 cm³/mol. The van der Waals surface area contributed by atoms with Crippen molar-refractivity contribution in [3.63, 3.8) is 0 Å². The molecule has 0 radical (unpaired) electrons. The van der Waals surface area contributed by atoms with E-state index in [1.807, 2.05) is 6.07 Å². The summed E-state index contributed by atoms with van der Waals surface area (Å²) in [5.41, 5.74) is 3.31. The molecule has 3 aliphatic rings. The van der Waals surface area contributed by atoms with Crippen molar-refractivity contribution in [3.8, 4) is 5.75 Å². The monoisotopic (exact) mass is 356 g/mol. The number of rotatable bonds is 3. The smallest absolute Gasteiger partial charge is 0.258 e. The second kappa shape index (κ2) is 6.64. The van der Waals surface area contributed by atoms with Gasteiger partial charge < -0.3 is 25.2 Å². The molecule has 3 aliphatic heterocycles. The highest BCUT2D eigenvalue weighted by Crippen LogP contribution is 2.38. The zero-order valence-corrected chi connectivity index (χ0v) is 15.0. The van der Waals surface area contributed by atoms with Crippen LogP contribution in [-0.2, 0) is 11.3 Å². The Bertz CT molecular complexity index is 770.